The number of alkyl halides is 4. The molecule has 0 aliphatic rings. The Morgan fingerprint density at radius 2 is 2.00 bits per heavy atom. The molecule has 19 heavy (non-hydrogen) atoms. The van der Waals surface area contributed by atoms with Crippen molar-refractivity contribution in [2.24, 2.45) is 5.92 Å². The SMILES string of the molecule is CC[C@H](F)[C@H](C)CNc1ncc(C(F)(F)F)cc1F. The molecule has 0 spiro atoms. The van der Waals surface area contributed by atoms with E-state index in [2.05, 4.69) is 10.3 Å². The number of hydrogen-bond donors (Lipinski definition) is 1. The number of nitrogens with zero attached hydrogens (tertiary/aromatic N) is 1. The highest BCUT2D eigenvalue weighted by Gasteiger charge is 2.31. The van der Waals surface area contributed by atoms with Crippen LogP contribution in [0.25, 0.3) is 0 Å². The number of pyridine rings is 1. The summed E-state index contributed by atoms with van der Waals surface area (Å²) < 4.78 is 63.5. The Balaban J connectivity index is 2.71. The van der Waals surface area contributed by atoms with E-state index in [1.54, 1.807) is 13.8 Å². The molecule has 7 heteroatoms. The van der Waals surface area contributed by atoms with Crippen molar-refractivity contribution >= 4 is 5.82 Å². The number of hydrogen-bond acceptors (Lipinski definition) is 2. The van der Waals surface area contributed by atoms with Crippen LogP contribution in [-0.2, 0) is 6.18 Å². The second kappa shape index (κ2) is 6.16. The molecule has 0 radical (unpaired) electrons. The molecule has 1 heterocycles. The van der Waals surface area contributed by atoms with Crippen molar-refractivity contribution in [3.05, 3.63) is 23.6 Å². The molecule has 2 nitrogen and oxygen atoms in total. The lowest BCUT2D eigenvalue weighted by molar-refractivity contribution is -0.138. The van der Waals surface area contributed by atoms with Crippen LogP contribution in [0.15, 0.2) is 12.3 Å². The fraction of sp³-hybridized carbons (Fsp3) is 0.583. The van der Waals surface area contributed by atoms with Crippen LogP contribution in [0.5, 0.6) is 0 Å². The molecule has 0 bridgehead atoms. The van der Waals surface area contributed by atoms with Gasteiger partial charge in [0.15, 0.2) is 11.6 Å². The second-order valence-electron chi connectivity index (χ2n) is 4.33. The van der Waals surface area contributed by atoms with Crippen LogP contribution in [0.1, 0.15) is 25.8 Å². The highest BCUT2D eigenvalue weighted by atomic mass is 19.4. The molecule has 1 N–H and O–H groups in total. The quantitative estimate of drug-likeness (QED) is 0.825. The number of aromatic nitrogens is 1. The predicted molar refractivity (Wildman–Crippen MR) is 62.0 cm³/mol. The number of anilines is 1. The van der Waals surface area contributed by atoms with Gasteiger partial charge in [-0.05, 0) is 12.5 Å². The summed E-state index contributed by atoms with van der Waals surface area (Å²) in [7, 11) is 0. The summed E-state index contributed by atoms with van der Waals surface area (Å²) in [4.78, 5) is 3.37. The van der Waals surface area contributed by atoms with Crippen LogP contribution in [0.2, 0.25) is 0 Å². The summed E-state index contributed by atoms with van der Waals surface area (Å²) in [6.45, 7) is 3.41. The molecule has 1 rings (SSSR count). The maximum Gasteiger partial charge on any atom is 0.417 e. The van der Waals surface area contributed by atoms with Crippen LogP contribution in [0.4, 0.5) is 27.8 Å². The Morgan fingerprint density at radius 1 is 1.37 bits per heavy atom. The van der Waals surface area contributed by atoms with Crippen molar-refractivity contribution in [3.8, 4) is 0 Å². The van der Waals surface area contributed by atoms with E-state index >= 15 is 0 Å². The third kappa shape index (κ3) is 4.33. The maximum atomic E-state index is 13.4. The zero-order valence-electron chi connectivity index (χ0n) is 10.6. The minimum atomic E-state index is -4.63. The summed E-state index contributed by atoms with van der Waals surface area (Å²) in [5.41, 5.74) is -1.15. The Kier molecular flexibility index (Phi) is 5.08. The van der Waals surface area contributed by atoms with Crippen molar-refractivity contribution in [1.29, 1.82) is 0 Å². The van der Waals surface area contributed by atoms with E-state index in [1.165, 1.54) is 0 Å². The average Bonchev–Trinajstić information content (AvgIpc) is 2.34. The molecule has 1 aromatic heterocycles. The van der Waals surface area contributed by atoms with Crippen molar-refractivity contribution in [2.45, 2.75) is 32.6 Å². The van der Waals surface area contributed by atoms with E-state index in [-0.39, 0.29) is 18.3 Å². The Labute approximate surface area is 108 Å². The highest BCUT2D eigenvalue weighted by molar-refractivity contribution is 5.38. The van der Waals surface area contributed by atoms with E-state index in [4.69, 9.17) is 0 Å². The molecule has 0 aromatic carbocycles. The molecule has 108 valence electrons. The summed E-state index contributed by atoms with van der Waals surface area (Å²) in [5, 5.41) is 2.51. The normalized spacial score (nSPS) is 15.1. The Morgan fingerprint density at radius 3 is 2.47 bits per heavy atom. The smallest absolute Gasteiger partial charge is 0.367 e. The molecular formula is C12H15F5N2. The average molecular weight is 282 g/mol. The topological polar surface area (TPSA) is 24.9 Å². The molecule has 2 atom stereocenters. The lowest BCUT2D eigenvalue weighted by Gasteiger charge is -2.16. The first-order valence-corrected chi connectivity index (χ1v) is 5.86. The Bertz CT molecular complexity index is 419. The van der Waals surface area contributed by atoms with Crippen molar-refractivity contribution in [2.75, 3.05) is 11.9 Å². The van der Waals surface area contributed by atoms with Gasteiger partial charge >= 0.3 is 6.18 Å². The third-order valence-corrected chi connectivity index (χ3v) is 2.77. The first kappa shape index (κ1) is 15.7. The number of rotatable bonds is 5. The molecular weight excluding hydrogens is 267 g/mol. The van der Waals surface area contributed by atoms with E-state index in [9.17, 15) is 22.0 Å². The van der Waals surface area contributed by atoms with Gasteiger partial charge in [-0.25, -0.2) is 13.8 Å². The van der Waals surface area contributed by atoms with Crippen LogP contribution in [-0.4, -0.2) is 17.7 Å². The van der Waals surface area contributed by atoms with Crippen LogP contribution in [0.3, 0.4) is 0 Å². The summed E-state index contributed by atoms with van der Waals surface area (Å²) >= 11 is 0. The van der Waals surface area contributed by atoms with E-state index < -0.39 is 23.7 Å². The number of halogens is 5. The van der Waals surface area contributed by atoms with Gasteiger partial charge in [-0.15, -0.1) is 0 Å². The van der Waals surface area contributed by atoms with Crippen molar-refractivity contribution in [1.82, 2.24) is 4.98 Å². The molecule has 0 saturated heterocycles. The fourth-order valence-corrected chi connectivity index (χ4v) is 1.51. The molecule has 0 fully saturated rings. The first-order chi connectivity index (χ1) is 8.75. The molecule has 0 aliphatic heterocycles. The lowest BCUT2D eigenvalue weighted by Crippen LogP contribution is -2.22. The van der Waals surface area contributed by atoms with Gasteiger partial charge < -0.3 is 5.32 Å². The standard InChI is InChI=1S/C12H15F5N2/c1-3-9(13)7(2)5-18-11-10(14)4-8(6-19-11)12(15,16)17/h4,6-7,9H,3,5H2,1-2H3,(H,18,19)/t7-,9+/m1/s1. The Hall–Kier alpha value is -1.40. The fourth-order valence-electron chi connectivity index (χ4n) is 1.51. The lowest BCUT2D eigenvalue weighted by atomic mass is 10.0. The van der Waals surface area contributed by atoms with E-state index in [1.807, 2.05) is 0 Å². The zero-order chi connectivity index (χ0) is 14.6. The third-order valence-electron chi connectivity index (χ3n) is 2.77. The van der Waals surface area contributed by atoms with Crippen molar-refractivity contribution < 1.29 is 22.0 Å². The van der Waals surface area contributed by atoms with E-state index in [0.717, 1.165) is 0 Å². The minimum Gasteiger partial charge on any atom is -0.367 e. The highest BCUT2D eigenvalue weighted by Crippen LogP contribution is 2.30. The first-order valence-electron chi connectivity index (χ1n) is 5.86. The maximum absolute atomic E-state index is 13.4. The number of nitrogens with one attached hydrogen (secondary N) is 1. The van der Waals surface area contributed by atoms with Gasteiger partial charge in [0.2, 0.25) is 0 Å². The molecule has 0 saturated carbocycles. The molecule has 0 unspecified atom stereocenters. The summed E-state index contributed by atoms with van der Waals surface area (Å²) in [6, 6.07) is 0.368. The van der Waals surface area contributed by atoms with Crippen molar-refractivity contribution in [3.63, 3.8) is 0 Å². The molecule has 0 amide bonds. The monoisotopic (exact) mass is 282 g/mol. The van der Waals surface area contributed by atoms with Gasteiger partial charge in [0.1, 0.15) is 6.17 Å². The van der Waals surface area contributed by atoms with Gasteiger partial charge in [0, 0.05) is 18.7 Å². The van der Waals surface area contributed by atoms with Gasteiger partial charge in [0.25, 0.3) is 0 Å². The molecule has 1 aromatic rings. The largest absolute Gasteiger partial charge is 0.417 e. The van der Waals surface area contributed by atoms with E-state index in [0.29, 0.717) is 18.7 Å². The zero-order valence-corrected chi connectivity index (χ0v) is 10.6. The molecule has 0 aliphatic carbocycles. The van der Waals surface area contributed by atoms with Gasteiger partial charge in [-0.3, -0.25) is 0 Å². The van der Waals surface area contributed by atoms with Crippen LogP contribution >= 0.6 is 0 Å². The minimum absolute atomic E-state index is 0.101. The second-order valence-corrected chi connectivity index (χ2v) is 4.33. The van der Waals surface area contributed by atoms with Crippen LogP contribution < -0.4 is 5.32 Å². The van der Waals surface area contributed by atoms with Gasteiger partial charge in [-0.2, -0.15) is 13.2 Å². The van der Waals surface area contributed by atoms with Crippen LogP contribution in [0, 0.1) is 11.7 Å². The van der Waals surface area contributed by atoms with Gasteiger partial charge in [-0.1, -0.05) is 13.8 Å². The van der Waals surface area contributed by atoms with Gasteiger partial charge in [0.05, 0.1) is 5.56 Å². The predicted octanol–water partition coefficient (Wildman–Crippen LogP) is 4.04. The summed E-state index contributed by atoms with van der Waals surface area (Å²) in [5.74, 6) is -1.79. The summed E-state index contributed by atoms with van der Waals surface area (Å²) in [6.07, 6.45) is -4.81.